The number of rotatable bonds is 4. The van der Waals surface area contributed by atoms with Gasteiger partial charge in [-0.15, -0.1) is 0 Å². The van der Waals surface area contributed by atoms with Crippen molar-refractivity contribution in [3.63, 3.8) is 0 Å². The van der Waals surface area contributed by atoms with Gasteiger partial charge in [0, 0.05) is 11.0 Å². The largest absolute Gasteiger partial charge is 0.450 e. The van der Waals surface area contributed by atoms with Crippen molar-refractivity contribution in [1.29, 1.82) is 0 Å². The zero-order chi connectivity index (χ0) is 19.5. The second-order valence-electron chi connectivity index (χ2n) is 5.63. The van der Waals surface area contributed by atoms with Gasteiger partial charge in [0.2, 0.25) is 0 Å². The van der Waals surface area contributed by atoms with E-state index in [4.69, 9.17) is 27.6 Å². The lowest BCUT2D eigenvalue weighted by molar-refractivity contribution is -0.115. The highest BCUT2D eigenvalue weighted by atomic mass is 35.5. The molecule has 0 atom stereocenters. The topological polar surface area (TPSA) is 54.6 Å². The van der Waals surface area contributed by atoms with Crippen LogP contribution in [0.2, 0.25) is 10.0 Å². The predicted octanol–water partition coefficient (Wildman–Crippen LogP) is 6.63. The van der Waals surface area contributed by atoms with Crippen LogP contribution >= 0.6 is 46.7 Å². The summed E-state index contributed by atoms with van der Waals surface area (Å²) in [7, 11) is 0. The summed E-state index contributed by atoms with van der Waals surface area (Å²) in [5.41, 5.74) is 0.498. The number of amides is 1. The van der Waals surface area contributed by atoms with Crippen LogP contribution in [0.5, 0.6) is 0 Å². The van der Waals surface area contributed by atoms with Gasteiger partial charge in [0.25, 0.3) is 5.91 Å². The Morgan fingerprint density at radius 3 is 2.68 bits per heavy atom. The van der Waals surface area contributed by atoms with Crippen molar-refractivity contribution in [2.75, 3.05) is 0 Å². The highest BCUT2D eigenvalue weighted by molar-refractivity contribution is 8.18. The molecule has 2 heterocycles. The van der Waals surface area contributed by atoms with Gasteiger partial charge in [-0.05, 0) is 48.2 Å². The molecule has 8 heteroatoms. The Bertz CT molecular complexity index is 1090. The molecule has 1 amide bonds. The molecule has 140 valence electrons. The van der Waals surface area contributed by atoms with Crippen molar-refractivity contribution in [2.24, 2.45) is 4.99 Å². The van der Waals surface area contributed by atoms with Crippen molar-refractivity contribution in [3.8, 4) is 0 Å². The first-order chi connectivity index (χ1) is 13.6. The first kappa shape index (κ1) is 19.2. The van der Waals surface area contributed by atoms with E-state index < -0.39 is 0 Å². The number of thioether (sulfide) groups is 1. The smallest absolute Gasteiger partial charge is 0.264 e. The average molecular weight is 447 g/mol. The van der Waals surface area contributed by atoms with Crippen molar-refractivity contribution < 1.29 is 9.21 Å². The average Bonchev–Trinajstić information content (AvgIpc) is 3.26. The van der Waals surface area contributed by atoms with Gasteiger partial charge in [-0.3, -0.25) is 4.79 Å². The number of hydrogen-bond donors (Lipinski definition) is 1. The van der Waals surface area contributed by atoms with Crippen LogP contribution in [-0.4, -0.2) is 11.1 Å². The number of amidine groups is 1. The van der Waals surface area contributed by atoms with Gasteiger partial charge < -0.3 is 9.73 Å². The SMILES string of the molecule is O=C1NC(=Nc2cccc(Cl)c2Cl)S/C1=C\c1ccc(Sc2ccccc2)o1. The number of aliphatic imine (C=N–C) groups is 1. The monoisotopic (exact) mass is 446 g/mol. The van der Waals surface area contributed by atoms with Crippen LogP contribution in [0.15, 0.2) is 85.0 Å². The maximum atomic E-state index is 12.2. The van der Waals surface area contributed by atoms with E-state index in [-0.39, 0.29) is 5.91 Å². The standard InChI is InChI=1S/C20H12Cl2N2O2S2/c21-14-7-4-8-15(18(14)22)23-20-24-19(25)16(28-20)11-12-9-10-17(26-12)27-13-5-2-1-3-6-13/h1-11H,(H,23,24,25)/b16-11-. The highest BCUT2D eigenvalue weighted by Crippen LogP contribution is 2.35. The number of benzene rings is 2. The first-order valence-electron chi connectivity index (χ1n) is 8.15. The van der Waals surface area contributed by atoms with Crippen molar-refractivity contribution in [1.82, 2.24) is 5.32 Å². The summed E-state index contributed by atoms with van der Waals surface area (Å²) < 4.78 is 5.80. The van der Waals surface area contributed by atoms with Crippen LogP contribution in [0.4, 0.5) is 5.69 Å². The molecule has 0 saturated carbocycles. The Hall–Kier alpha value is -2.12. The van der Waals surface area contributed by atoms with Crippen molar-refractivity contribution >= 4 is 69.6 Å². The molecule has 3 aromatic rings. The van der Waals surface area contributed by atoms with E-state index in [0.717, 1.165) is 9.99 Å². The van der Waals surface area contributed by atoms with Crippen LogP contribution < -0.4 is 5.32 Å². The van der Waals surface area contributed by atoms with E-state index >= 15 is 0 Å². The van der Waals surface area contributed by atoms with Crippen LogP contribution in [0.1, 0.15) is 5.76 Å². The number of carbonyl (C=O) groups excluding carboxylic acids is 1. The number of nitrogens with one attached hydrogen (secondary N) is 1. The van der Waals surface area contributed by atoms with Crippen LogP contribution in [0.25, 0.3) is 6.08 Å². The minimum Gasteiger partial charge on any atom is -0.450 e. The first-order valence-corrected chi connectivity index (χ1v) is 10.5. The van der Waals surface area contributed by atoms with Gasteiger partial charge in [-0.25, -0.2) is 4.99 Å². The molecule has 0 unspecified atom stereocenters. The van der Waals surface area contributed by atoms with E-state index in [1.54, 1.807) is 24.3 Å². The third kappa shape index (κ3) is 4.47. The molecule has 2 aromatic carbocycles. The fourth-order valence-corrected chi connectivity index (χ4v) is 4.32. The fraction of sp³-hybridized carbons (Fsp3) is 0. The van der Waals surface area contributed by atoms with Gasteiger partial charge >= 0.3 is 0 Å². The molecule has 1 saturated heterocycles. The third-order valence-electron chi connectivity index (χ3n) is 3.64. The number of nitrogens with zero attached hydrogens (tertiary/aromatic N) is 1. The van der Waals surface area contributed by atoms with Crippen molar-refractivity contribution in [3.05, 3.63) is 81.4 Å². The second kappa shape index (κ2) is 8.49. The third-order valence-corrected chi connectivity index (χ3v) is 6.29. The summed E-state index contributed by atoms with van der Waals surface area (Å²) in [5, 5.41) is 4.66. The van der Waals surface area contributed by atoms with Gasteiger partial charge in [-0.2, -0.15) is 0 Å². The van der Waals surface area contributed by atoms with E-state index in [9.17, 15) is 4.79 Å². The van der Waals surface area contributed by atoms with Crippen molar-refractivity contribution in [2.45, 2.75) is 9.99 Å². The Balaban J connectivity index is 1.51. The Morgan fingerprint density at radius 1 is 1.04 bits per heavy atom. The molecule has 1 N–H and O–H groups in total. The number of furan rings is 1. The number of carbonyl (C=O) groups is 1. The molecule has 1 aliphatic heterocycles. The second-order valence-corrected chi connectivity index (χ2v) is 8.52. The number of halogens is 2. The van der Waals surface area contributed by atoms with E-state index in [0.29, 0.717) is 31.6 Å². The molecule has 28 heavy (non-hydrogen) atoms. The molecule has 0 aliphatic carbocycles. The maximum absolute atomic E-state index is 12.2. The maximum Gasteiger partial charge on any atom is 0.264 e. The van der Waals surface area contributed by atoms with Gasteiger partial charge in [0.1, 0.15) is 5.76 Å². The summed E-state index contributed by atoms with van der Waals surface area (Å²) >= 11 is 14.9. The van der Waals surface area contributed by atoms with Gasteiger partial charge in [0.15, 0.2) is 10.3 Å². The minimum absolute atomic E-state index is 0.240. The molecule has 1 aromatic heterocycles. The number of hydrogen-bond acceptors (Lipinski definition) is 5. The predicted molar refractivity (Wildman–Crippen MR) is 117 cm³/mol. The molecule has 0 bridgehead atoms. The highest BCUT2D eigenvalue weighted by Gasteiger charge is 2.24. The Labute approximate surface area is 180 Å². The lowest BCUT2D eigenvalue weighted by atomic mass is 10.3. The lowest BCUT2D eigenvalue weighted by Crippen LogP contribution is -2.19. The van der Waals surface area contributed by atoms with Gasteiger partial charge in [0.05, 0.1) is 20.6 Å². The summed E-state index contributed by atoms with van der Waals surface area (Å²) in [4.78, 5) is 18.2. The molecule has 1 fully saturated rings. The molecule has 1 aliphatic rings. The normalized spacial score (nSPS) is 16.7. The molecular weight excluding hydrogens is 435 g/mol. The van der Waals surface area contributed by atoms with E-state index in [2.05, 4.69) is 10.3 Å². The fourth-order valence-electron chi connectivity index (χ4n) is 2.37. The zero-order valence-electron chi connectivity index (χ0n) is 14.2. The zero-order valence-corrected chi connectivity index (χ0v) is 17.3. The molecule has 0 spiro atoms. The van der Waals surface area contributed by atoms with E-state index in [1.165, 1.54) is 23.5 Å². The lowest BCUT2D eigenvalue weighted by Gasteiger charge is -2.00. The van der Waals surface area contributed by atoms with Crippen LogP contribution in [0, 0.1) is 0 Å². The Morgan fingerprint density at radius 2 is 1.86 bits per heavy atom. The molecular formula is C20H12Cl2N2O2S2. The Kier molecular flexibility index (Phi) is 5.82. The van der Waals surface area contributed by atoms with Crippen LogP contribution in [0.3, 0.4) is 0 Å². The summed E-state index contributed by atoms with van der Waals surface area (Å²) in [5.74, 6) is 0.355. The summed E-state index contributed by atoms with van der Waals surface area (Å²) in [6.45, 7) is 0. The van der Waals surface area contributed by atoms with Gasteiger partial charge in [-0.1, -0.05) is 59.2 Å². The molecule has 0 radical (unpaired) electrons. The quantitative estimate of drug-likeness (QED) is 0.456. The van der Waals surface area contributed by atoms with Crippen LogP contribution in [-0.2, 0) is 4.79 Å². The molecule has 4 rings (SSSR count). The molecule has 4 nitrogen and oxygen atoms in total. The minimum atomic E-state index is -0.240. The van der Waals surface area contributed by atoms with E-state index in [1.807, 2.05) is 42.5 Å². The summed E-state index contributed by atoms with van der Waals surface area (Å²) in [6, 6.07) is 18.8. The summed E-state index contributed by atoms with van der Waals surface area (Å²) in [6.07, 6.45) is 1.69.